The van der Waals surface area contributed by atoms with Gasteiger partial charge in [0.1, 0.15) is 5.76 Å². The van der Waals surface area contributed by atoms with Crippen molar-refractivity contribution in [3.05, 3.63) is 24.2 Å². The van der Waals surface area contributed by atoms with Gasteiger partial charge in [-0.15, -0.1) is 0 Å². The number of hydrogen-bond donors (Lipinski definition) is 1. The molecule has 1 aliphatic heterocycles. The number of rotatable bonds is 8. The van der Waals surface area contributed by atoms with Crippen molar-refractivity contribution in [2.45, 2.75) is 26.2 Å². The van der Waals surface area contributed by atoms with E-state index in [1.807, 2.05) is 6.07 Å². The minimum Gasteiger partial charge on any atom is -0.469 e. The first-order chi connectivity index (χ1) is 9.77. The van der Waals surface area contributed by atoms with Crippen LogP contribution in [0, 0.1) is 5.92 Å². The molecule has 1 aromatic heterocycles. The Balaban J connectivity index is 1.61. The molecule has 114 valence electrons. The Kier molecular flexibility index (Phi) is 6.57. The van der Waals surface area contributed by atoms with Gasteiger partial charge in [0.15, 0.2) is 0 Å². The van der Waals surface area contributed by atoms with Crippen LogP contribution in [0.1, 0.15) is 31.9 Å². The molecule has 4 nitrogen and oxygen atoms in total. The van der Waals surface area contributed by atoms with E-state index in [4.69, 9.17) is 9.15 Å². The smallest absolute Gasteiger partial charge is 0.107 e. The van der Waals surface area contributed by atoms with Gasteiger partial charge >= 0.3 is 0 Å². The molecule has 2 heterocycles. The predicted octanol–water partition coefficient (Wildman–Crippen LogP) is 2.33. The molecule has 0 amide bonds. The minimum absolute atomic E-state index is 0.515. The lowest BCUT2D eigenvalue weighted by Gasteiger charge is -2.26. The molecule has 2 rings (SSSR count). The molecule has 20 heavy (non-hydrogen) atoms. The second-order valence-electron chi connectivity index (χ2n) is 5.86. The molecule has 1 N–H and O–H groups in total. The molecule has 1 aromatic rings. The first-order valence-corrected chi connectivity index (χ1v) is 7.81. The Bertz CT molecular complexity index is 345. The summed E-state index contributed by atoms with van der Waals surface area (Å²) in [6.07, 6.45) is 2.91. The lowest BCUT2D eigenvalue weighted by atomic mass is 9.90. The van der Waals surface area contributed by atoms with Crippen LogP contribution in [-0.2, 0) is 4.74 Å². The molecular weight excluding hydrogens is 252 g/mol. The molecule has 1 fully saturated rings. The first-order valence-electron chi connectivity index (χ1n) is 7.81. The number of nitrogens with one attached hydrogen (secondary N) is 1. The zero-order valence-corrected chi connectivity index (χ0v) is 12.8. The molecule has 0 radical (unpaired) electrons. The Morgan fingerprint density at radius 1 is 1.25 bits per heavy atom. The van der Waals surface area contributed by atoms with E-state index in [1.165, 1.54) is 0 Å². The highest BCUT2D eigenvalue weighted by Crippen LogP contribution is 2.27. The molecule has 0 spiro atoms. The van der Waals surface area contributed by atoms with E-state index in [2.05, 4.69) is 30.1 Å². The fourth-order valence-electron chi connectivity index (χ4n) is 2.75. The van der Waals surface area contributed by atoms with Gasteiger partial charge in [-0.25, -0.2) is 0 Å². The molecule has 0 aliphatic carbocycles. The summed E-state index contributed by atoms with van der Waals surface area (Å²) in [6, 6.07) is 4.08. The van der Waals surface area contributed by atoms with Crippen molar-refractivity contribution in [3.8, 4) is 0 Å². The summed E-state index contributed by atoms with van der Waals surface area (Å²) < 4.78 is 10.9. The van der Waals surface area contributed by atoms with Crippen molar-refractivity contribution in [2.24, 2.45) is 5.92 Å². The summed E-state index contributed by atoms with van der Waals surface area (Å²) in [7, 11) is 0. The van der Waals surface area contributed by atoms with E-state index in [0.29, 0.717) is 11.8 Å². The van der Waals surface area contributed by atoms with Gasteiger partial charge in [0.25, 0.3) is 0 Å². The van der Waals surface area contributed by atoms with Gasteiger partial charge < -0.3 is 14.5 Å². The molecule has 0 unspecified atom stereocenters. The molecule has 1 aliphatic rings. The third-order valence-electron chi connectivity index (χ3n) is 4.05. The van der Waals surface area contributed by atoms with Gasteiger partial charge in [-0.05, 0) is 31.0 Å². The molecule has 0 saturated carbocycles. The maximum atomic E-state index is 5.56. The van der Waals surface area contributed by atoms with Gasteiger partial charge in [0, 0.05) is 32.1 Å². The van der Waals surface area contributed by atoms with E-state index < -0.39 is 0 Å². The second kappa shape index (κ2) is 8.45. The van der Waals surface area contributed by atoms with Gasteiger partial charge in [-0.1, -0.05) is 13.8 Å². The summed E-state index contributed by atoms with van der Waals surface area (Å²) in [5, 5.41) is 3.56. The van der Waals surface area contributed by atoms with Crippen molar-refractivity contribution in [1.29, 1.82) is 0 Å². The summed E-state index contributed by atoms with van der Waals surface area (Å²) in [5.41, 5.74) is 0. The zero-order chi connectivity index (χ0) is 14.2. The van der Waals surface area contributed by atoms with Gasteiger partial charge in [-0.3, -0.25) is 4.90 Å². The zero-order valence-electron chi connectivity index (χ0n) is 12.8. The fraction of sp³-hybridized carbons (Fsp3) is 0.750. The highest BCUT2D eigenvalue weighted by Gasteiger charge is 2.18. The average molecular weight is 280 g/mol. The van der Waals surface area contributed by atoms with Crippen molar-refractivity contribution >= 4 is 0 Å². The summed E-state index contributed by atoms with van der Waals surface area (Å²) in [5.74, 6) is 2.25. The highest BCUT2D eigenvalue weighted by molar-refractivity contribution is 5.06. The van der Waals surface area contributed by atoms with Crippen LogP contribution in [0.25, 0.3) is 0 Å². The standard InChI is InChI=1S/C16H28N2O2/c1-14(2)15(16-4-3-11-20-16)5-6-17-7-8-18-9-12-19-13-10-18/h3-4,11,14-15,17H,5-10,12-13H2,1-2H3/t15-/m0/s1. The first kappa shape index (κ1) is 15.5. The van der Waals surface area contributed by atoms with Crippen LogP contribution in [0.15, 0.2) is 22.8 Å². The maximum absolute atomic E-state index is 5.56. The van der Waals surface area contributed by atoms with Gasteiger partial charge in [0.2, 0.25) is 0 Å². The van der Waals surface area contributed by atoms with Crippen LogP contribution in [-0.4, -0.2) is 50.8 Å². The van der Waals surface area contributed by atoms with Crippen LogP contribution in [0.2, 0.25) is 0 Å². The Morgan fingerprint density at radius 2 is 2.05 bits per heavy atom. The maximum Gasteiger partial charge on any atom is 0.107 e. The topological polar surface area (TPSA) is 37.6 Å². The molecule has 0 aromatic carbocycles. The number of hydrogen-bond acceptors (Lipinski definition) is 4. The van der Waals surface area contributed by atoms with Crippen molar-refractivity contribution in [1.82, 2.24) is 10.2 Å². The Hall–Kier alpha value is -0.840. The second-order valence-corrected chi connectivity index (χ2v) is 5.86. The van der Waals surface area contributed by atoms with E-state index in [9.17, 15) is 0 Å². The minimum atomic E-state index is 0.515. The van der Waals surface area contributed by atoms with E-state index in [0.717, 1.165) is 58.1 Å². The lowest BCUT2D eigenvalue weighted by Crippen LogP contribution is -2.40. The summed E-state index contributed by atoms with van der Waals surface area (Å²) >= 11 is 0. The third-order valence-corrected chi connectivity index (χ3v) is 4.05. The molecular formula is C16H28N2O2. The van der Waals surface area contributed by atoms with Crippen LogP contribution < -0.4 is 5.32 Å². The molecule has 0 bridgehead atoms. The monoisotopic (exact) mass is 280 g/mol. The predicted molar refractivity (Wildman–Crippen MR) is 81.0 cm³/mol. The van der Waals surface area contributed by atoms with Gasteiger partial charge in [0.05, 0.1) is 19.5 Å². The third kappa shape index (κ3) is 4.93. The summed E-state index contributed by atoms with van der Waals surface area (Å²) in [4.78, 5) is 2.46. The number of morpholine rings is 1. The Morgan fingerprint density at radius 3 is 2.70 bits per heavy atom. The molecule has 4 heteroatoms. The van der Waals surface area contributed by atoms with E-state index in [1.54, 1.807) is 6.26 Å². The van der Waals surface area contributed by atoms with Crippen LogP contribution in [0.3, 0.4) is 0 Å². The largest absolute Gasteiger partial charge is 0.469 e. The Labute approximate surface area is 122 Å². The summed E-state index contributed by atoms with van der Waals surface area (Å²) in [6.45, 7) is 11.7. The number of ether oxygens (including phenoxy) is 1. The van der Waals surface area contributed by atoms with Crippen LogP contribution >= 0.6 is 0 Å². The van der Waals surface area contributed by atoms with Crippen molar-refractivity contribution in [3.63, 3.8) is 0 Å². The van der Waals surface area contributed by atoms with E-state index >= 15 is 0 Å². The van der Waals surface area contributed by atoms with Crippen molar-refractivity contribution < 1.29 is 9.15 Å². The SMILES string of the molecule is CC(C)[C@H](CCNCCN1CCOCC1)c1ccco1. The van der Waals surface area contributed by atoms with Gasteiger partial charge in [-0.2, -0.15) is 0 Å². The van der Waals surface area contributed by atoms with Crippen LogP contribution in [0.4, 0.5) is 0 Å². The van der Waals surface area contributed by atoms with Crippen LogP contribution in [0.5, 0.6) is 0 Å². The fourth-order valence-corrected chi connectivity index (χ4v) is 2.75. The highest BCUT2D eigenvalue weighted by atomic mass is 16.5. The number of furan rings is 1. The quantitative estimate of drug-likeness (QED) is 0.742. The molecule has 1 atom stereocenters. The normalized spacial score (nSPS) is 18.6. The van der Waals surface area contributed by atoms with Crippen molar-refractivity contribution in [2.75, 3.05) is 45.9 Å². The van der Waals surface area contributed by atoms with E-state index in [-0.39, 0.29) is 0 Å². The lowest BCUT2D eigenvalue weighted by molar-refractivity contribution is 0.0384. The number of nitrogens with zero attached hydrogens (tertiary/aromatic N) is 1. The molecule has 1 saturated heterocycles. The average Bonchev–Trinajstić information content (AvgIpc) is 2.97.